The van der Waals surface area contributed by atoms with Gasteiger partial charge in [0, 0.05) is 36.7 Å². The first-order valence-corrected chi connectivity index (χ1v) is 7.98. The molecular formula is C14H16BrNO2S. The Labute approximate surface area is 125 Å². The number of carbonyl (C=O) groups excluding carboxylic acids is 2. The van der Waals surface area contributed by atoms with Gasteiger partial charge in [-0.1, -0.05) is 45.9 Å². The predicted octanol–water partition coefficient (Wildman–Crippen LogP) is 3.08. The van der Waals surface area contributed by atoms with Crippen LogP contribution in [-0.2, 0) is 16.1 Å². The van der Waals surface area contributed by atoms with Crippen LogP contribution in [0.25, 0.3) is 0 Å². The monoisotopic (exact) mass is 341 g/mol. The zero-order valence-corrected chi connectivity index (χ0v) is 13.2. The summed E-state index contributed by atoms with van der Waals surface area (Å²) in [5.74, 6) is 1.22. The van der Waals surface area contributed by atoms with Crippen molar-refractivity contribution in [3.8, 4) is 0 Å². The third-order valence-corrected chi connectivity index (χ3v) is 4.95. The highest BCUT2D eigenvalue weighted by atomic mass is 79.9. The van der Waals surface area contributed by atoms with Crippen molar-refractivity contribution in [2.24, 2.45) is 5.92 Å². The van der Waals surface area contributed by atoms with Crippen LogP contribution in [0.2, 0.25) is 0 Å². The van der Waals surface area contributed by atoms with E-state index in [0.717, 1.165) is 22.3 Å². The summed E-state index contributed by atoms with van der Waals surface area (Å²) in [5.41, 5.74) is 1.12. The van der Waals surface area contributed by atoms with Crippen LogP contribution in [0.5, 0.6) is 0 Å². The molecule has 0 aliphatic carbocycles. The van der Waals surface area contributed by atoms with Crippen molar-refractivity contribution in [2.75, 3.05) is 12.3 Å². The first-order chi connectivity index (χ1) is 9.06. The van der Waals surface area contributed by atoms with E-state index >= 15 is 0 Å². The Morgan fingerprint density at radius 2 is 2.21 bits per heavy atom. The first-order valence-electron chi connectivity index (χ1n) is 6.21. The molecule has 3 nitrogen and oxygen atoms in total. The van der Waals surface area contributed by atoms with Gasteiger partial charge in [0.15, 0.2) is 5.12 Å². The standard InChI is InChI=1S/C14H16BrNO2S/c1-10(17)19-9-11-6-14(18)16(7-11)8-12-4-2-3-5-13(12)15/h2-5,11H,6-9H2,1H3. The predicted molar refractivity (Wildman–Crippen MR) is 80.8 cm³/mol. The number of amides is 1. The molecule has 2 rings (SSSR count). The second-order valence-corrected chi connectivity index (χ2v) is 6.79. The van der Waals surface area contributed by atoms with E-state index in [-0.39, 0.29) is 11.0 Å². The summed E-state index contributed by atoms with van der Waals surface area (Å²) in [6.07, 6.45) is 0.560. The van der Waals surface area contributed by atoms with Crippen LogP contribution >= 0.6 is 27.7 Å². The van der Waals surface area contributed by atoms with Crippen molar-refractivity contribution >= 4 is 38.7 Å². The smallest absolute Gasteiger partial charge is 0.223 e. The van der Waals surface area contributed by atoms with E-state index in [1.165, 1.54) is 11.8 Å². The molecule has 19 heavy (non-hydrogen) atoms. The summed E-state index contributed by atoms with van der Waals surface area (Å²) in [5, 5.41) is 0.122. The molecule has 0 aromatic heterocycles. The van der Waals surface area contributed by atoms with Gasteiger partial charge in [0.1, 0.15) is 0 Å². The molecule has 0 bridgehead atoms. The minimum atomic E-state index is 0.122. The molecule has 1 saturated heterocycles. The Bertz CT molecular complexity index is 492. The molecule has 102 valence electrons. The largest absolute Gasteiger partial charge is 0.338 e. The molecule has 1 aliphatic heterocycles. The number of hydrogen-bond acceptors (Lipinski definition) is 3. The summed E-state index contributed by atoms with van der Waals surface area (Å²) >= 11 is 4.82. The van der Waals surface area contributed by atoms with E-state index in [1.54, 1.807) is 6.92 Å². The van der Waals surface area contributed by atoms with Crippen LogP contribution in [0.4, 0.5) is 0 Å². The van der Waals surface area contributed by atoms with Crippen molar-refractivity contribution in [1.29, 1.82) is 0 Å². The Kier molecular flexibility index (Phi) is 5.05. The van der Waals surface area contributed by atoms with Crippen molar-refractivity contribution in [3.05, 3.63) is 34.3 Å². The minimum absolute atomic E-state index is 0.122. The number of rotatable bonds is 4. The highest BCUT2D eigenvalue weighted by Gasteiger charge is 2.29. The van der Waals surface area contributed by atoms with Gasteiger partial charge in [-0.15, -0.1) is 0 Å². The van der Waals surface area contributed by atoms with Crippen molar-refractivity contribution in [3.63, 3.8) is 0 Å². The zero-order chi connectivity index (χ0) is 13.8. The third kappa shape index (κ3) is 4.08. The fraction of sp³-hybridized carbons (Fsp3) is 0.429. The summed E-state index contributed by atoms with van der Waals surface area (Å²) in [6, 6.07) is 7.95. The lowest BCUT2D eigenvalue weighted by molar-refractivity contribution is -0.128. The van der Waals surface area contributed by atoms with Gasteiger partial charge in [0.25, 0.3) is 0 Å². The molecule has 0 saturated carbocycles. The number of nitrogens with zero attached hydrogens (tertiary/aromatic N) is 1. The maximum atomic E-state index is 12.0. The lowest BCUT2D eigenvalue weighted by Gasteiger charge is -2.17. The highest BCUT2D eigenvalue weighted by molar-refractivity contribution is 9.10. The quantitative estimate of drug-likeness (QED) is 0.844. The van der Waals surface area contributed by atoms with E-state index in [0.29, 0.717) is 18.9 Å². The van der Waals surface area contributed by atoms with Crippen LogP contribution in [-0.4, -0.2) is 28.2 Å². The number of hydrogen-bond donors (Lipinski definition) is 0. The number of halogens is 1. The van der Waals surface area contributed by atoms with Crippen LogP contribution in [0, 0.1) is 5.92 Å². The fourth-order valence-electron chi connectivity index (χ4n) is 2.19. The normalized spacial score (nSPS) is 18.9. The number of thioether (sulfide) groups is 1. The molecule has 1 aromatic rings. The van der Waals surface area contributed by atoms with E-state index in [2.05, 4.69) is 15.9 Å². The number of benzene rings is 1. The maximum Gasteiger partial charge on any atom is 0.223 e. The van der Waals surface area contributed by atoms with Crippen LogP contribution in [0.15, 0.2) is 28.7 Å². The van der Waals surface area contributed by atoms with Gasteiger partial charge in [-0.3, -0.25) is 9.59 Å². The molecule has 1 aromatic carbocycles. The van der Waals surface area contributed by atoms with Crippen LogP contribution < -0.4 is 0 Å². The Hall–Kier alpha value is -0.810. The Balaban J connectivity index is 1.93. The molecule has 1 atom stereocenters. The first kappa shape index (κ1) is 14.6. The summed E-state index contributed by atoms with van der Waals surface area (Å²) < 4.78 is 1.03. The topological polar surface area (TPSA) is 37.4 Å². The lowest BCUT2D eigenvalue weighted by Crippen LogP contribution is -2.25. The Morgan fingerprint density at radius 1 is 1.47 bits per heavy atom. The van der Waals surface area contributed by atoms with Crippen molar-refractivity contribution < 1.29 is 9.59 Å². The molecule has 5 heteroatoms. The van der Waals surface area contributed by atoms with Crippen molar-refractivity contribution in [1.82, 2.24) is 4.90 Å². The molecule has 0 radical (unpaired) electrons. The van der Waals surface area contributed by atoms with Crippen molar-refractivity contribution in [2.45, 2.75) is 19.9 Å². The molecule has 1 heterocycles. The van der Waals surface area contributed by atoms with Gasteiger partial charge < -0.3 is 4.90 Å². The zero-order valence-electron chi connectivity index (χ0n) is 10.8. The van der Waals surface area contributed by atoms with E-state index in [9.17, 15) is 9.59 Å². The van der Waals surface area contributed by atoms with Crippen LogP contribution in [0.3, 0.4) is 0 Å². The number of carbonyl (C=O) groups is 2. The number of likely N-dealkylation sites (tertiary alicyclic amines) is 1. The molecule has 1 aliphatic rings. The third-order valence-electron chi connectivity index (χ3n) is 3.14. The molecule has 0 N–H and O–H groups in total. The van der Waals surface area contributed by atoms with Gasteiger partial charge in [0.2, 0.25) is 5.91 Å². The molecular weight excluding hydrogens is 326 g/mol. The molecule has 0 spiro atoms. The van der Waals surface area contributed by atoms with Crippen LogP contribution in [0.1, 0.15) is 18.9 Å². The summed E-state index contributed by atoms with van der Waals surface area (Å²) in [7, 11) is 0. The highest BCUT2D eigenvalue weighted by Crippen LogP contribution is 2.25. The lowest BCUT2D eigenvalue weighted by atomic mass is 10.1. The molecule has 1 fully saturated rings. The minimum Gasteiger partial charge on any atom is -0.338 e. The van der Waals surface area contributed by atoms with E-state index in [1.807, 2.05) is 29.2 Å². The Morgan fingerprint density at radius 3 is 2.89 bits per heavy atom. The van der Waals surface area contributed by atoms with Gasteiger partial charge in [0.05, 0.1) is 0 Å². The van der Waals surface area contributed by atoms with Gasteiger partial charge in [-0.25, -0.2) is 0 Å². The molecule has 1 unspecified atom stereocenters. The molecule has 1 amide bonds. The fourth-order valence-corrected chi connectivity index (χ4v) is 3.29. The summed E-state index contributed by atoms with van der Waals surface area (Å²) in [4.78, 5) is 24.8. The summed E-state index contributed by atoms with van der Waals surface area (Å²) in [6.45, 7) is 2.96. The van der Waals surface area contributed by atoms with Gasteiger partial charge in [-0.2, -0.15) is 0 Å². The van der Waals surface area contributed by atoms with Gasteiger partial charge in [-0.05, 0) is 17.5 Å². The second-order valence-electron chi connectivity index (χ2n) is 4.74. The van der Waals surface area contributed by atoms with Gasteiger partial charge >= 0.3 is 0 Å². The van der Waals surface area contributed by atoms with E-state index < -0.39 is 0 Å². The SMILES string of the molecule is CC(=O)SCC1CC(=O)N(Cc2ccccc2Br)C1. The maximum absolute atomic E-state index is 12.0. The second kappa shape index (κ2) is 6.57. The van der Waals surface area contributed by atoms with E-state index in [4.69, 9.17) is 0 Å². The average Bonchev–Trinajstić information content (AvgIpc) is 2.71. The average molecular weight is 342 g/mol.